The van der Waals surface area contributed by atoms with E-state index in [9.17, 15) is 9.59 Å². The van der Waals surface area contributed by atoms with Crippen molar-refractivity contribution in [3.63, 3.8) is 0 Å². The lowest BCUT2D eigenvalue weighted by molar-refractivity contribution is -0.117. The van der Waals surface area contributed by atoms with Crippen LogP contribution in [0.2, 0.25) is 0 Å². The fourth-order valence-corrected chi connectivity index (χ4v) is 4.15. The Morgan fingerprint density at radius 3 is 2.27 bits per heavy atom. The largest absolute Gasteiger partial charge is 0.377 e. The first-order valence-corrected chi connectivity index (χ1v) is 11.3. The number of hydrogen-bond acceptors (Lipinski definition) is 3. The minimum atomic E-state index is -0.283. The van der Waals surface area contributed by atoms with Crippen LogP contribution in [0.3, 0.4) is 0 Å². The lowest BCUT2D eigenvalue weighted by Crippen LogP contribution is -2.52. The molecule has 2 N–H and O–H groups in total. The van der Waals surface area contributed by atoms with E-state index in [1.165, 1.54) is 19.3 Å². The Morgan fingerprint density at radius 2 is 1.70 bits per heavy atom. The molecule has 3 rings (SSSR count). The van der Waals surface area contributed by atoms with Crippen LogP contribution in [0.1, 0.15) is 71.3 Å². The molecular formula is C24H38N4O2. The van der Waals surface area contributed by atoms with E-state index >= 15 is 0 Å². The predicted octanol–water partition coefficient (Wildman–Crippen LogP) is 4.74. The van der Waals surface area contributed by atoms with Crippen molar-refractivity contribution in [1.29, 1.82) is 0 Å². The summed E-state index contributed by atoms with van der Waals surface area (Å²) in [6, 6.07) is 6.28. The van der Waals surface area contributed by atoms with Crippen LogP contribution in [0, 0.1) is 5.92 Å². The summed E-state index contributed by atoms with van der Waals surface area (Å²) in [5, 5.41) is 6.21. The molecule has 0 unspecified atom stereocenters. The number of anilines is 2. The molecule has 2 aliphatic rings. The van der Waals surface area contributed by atoms with Crippen molar-refractivity contribution >= 4 is 23.3 Å². The maximum atomic E-state index is 13.2. The van der Waals surface area contributed by atoms with Crippen LogP contribution in [0.4, 0.5) is 16.2 Å². The van der Waals surface area contributed by atoms with E-state index in [1.54, 1.807) is 0 Å². The summed E-state index contributed by atoms with van der Waals surface area (Å²) in [6.07, 6.45) is 7.65. The van der Waals surface area contributed by atoms with E-state index in [4.69, 9.17) is 0 Å². The van der Waals surface area contributed by atoms with Gasteiger partial charge in [0.1, 0.15) is 0 Å². The third-order valence-corrected chi connectivity index (χ3v) is 5.88. The summed E-state index contributed by atoms with van der Waals surface area (Å²) in [6.45, 7) is 6.59. The van der Waals surface area contributed by atoms with E-state index < -0.39 is 0 Å². The molecule has 6 heteroatoms. The van der Waals surface area contributed by atoms with E-state index in [2.05, 4.69) is 15.5 Å². The Hall–Kier alpha value is -2.24. The number of hydrogen-bond donors (Lipinski definition) is 2. The SMILES string of the molecule is CN(C)c1ccc(NC(=O)C2CC2)cc1CN(C(=O)NC(C)(C)C)C1CCCCC1. The van der Waals surface area contributed by atoms with Gasteiger partial charge in [-0.2, -0.15) is 0 Å². The highest BCUT2D eigenvalue weighted by Crippen LogP contribution is 2.32. The van der Waals surface area contributed by atoms with Crippen LogP contribution < -0.4 is 15.5 Å². The second kappa shape index (κ2) is 9.27. The number of nitrogens with one attached hydrogen (secondary N) is 2. The van der Waals surface area contributed by atoms with E-state index in [0.29, 0.717) is 6.54 Å². The Balaban J connectivity index is 1.86. The molecule has 6 nitrogen and oxygen atoms in total. The first-order chi connectivity index (χ1) is 14.1. The minimum absolute atomic E-state index is 0.00785. The molecule has 1 aromatic rings. The van der Waals surface area contributed by atoms with E-state index in [0.717, 1.165) is 42.6 Å². The van der Waals surface area contributed by atoms with Gasteiger partial charge in [-0.25, -0.2) is 4.79 Å². The number of amides is 3. The number of rotatable bonds is 6. The summed E-state index contributed by atoms with van der Waals surface area (Å²) in [5.41, 5.74) is 2.66. The molecule has 2 saturated carbocycles. The lowest BCUT2D eigenvalue weighted by atomic mass is 9.93. The van der Waals surface area contributed by atoms with Crippen molar-refractivity contribution in [1.82, 2.24) is 10.2 Å². The molecule has 2 aliphatic carbocycles. The Morgan fingerprint density at radius 1 is 1.03 bits per heavy atom. The normalized spacial score (nSPS) is 17.4. The molecular weight excluding hydrogens is 376 g/mol. The van der Waals surface area contributed by atoms with Gasteiger partial charge in [0.2, 0.25) is 5.91 Å². The fraction of sp³-hybridized carbons (Fsp3) is 0.667. The molecule has 166 valence electrons. The smallest absolute Gasteiger partial charge is 0.318 e. The van der Waals surface area contributed by atoms with Gasteiger partial charge < -0.3 is 20.4 Å². The summed E-state index contributed by atoms with van der Waals surface area (Å²) >= 11 is 0. The highest BCUT2D eigenvalue weighted by Gasteiger charge is 2.31. The number of nitrogens with zero attached hydrogens (tertiary/aromatic N) is 2. The Bertz CT molecular complexity index is 759. The van der Waals surface area contributed by atoms with E-state index in [-0.39, 0.29) is 29.4 Å². The zero-order valence-electron chi connectivity index (χ0n) is 19.3. The molecule has 0 atom stereocenters. The van der Waals surface area contributed by atoms with Crippen LogP contribution in [0.15, 0.2) is 18.2 Å². The molecule has 0 aromatic heterocycles. The monoisotopic (exact) mass is 414 g/mol. The predicted molar refractivity (Wildman–Crippen MR) is 123 cm³/mol. The van der Waals surface area contributed by atoms with Gasteiger partial charge >= 0.3 is 6.03 Å². The molecule has 0 saturated heterocycles. The molecule has 0 bridgehead atoms. The van der Waals surface area contributed by atoms with Gasteiger partial charge in [-0.1, -0.05) is 19.3 Å². The standard InChI is InChI=1S/C24H38N4O2/c1-24(2,3)26-23(30)28(20-9-7-6-8-10-20)16-18-15-19(13-14-21(18)27(4)5)25-22(29)17-11-12-17/h13-15,17,20H,6-12,16H2,1-5H3,(H,25,29)(H,26,30). The third kappa shape index (κ3) is 6.13. The summed E-state index contributed by atoms with van der Waals surface area (Å²) in [4.78, 5) is 29.6. The number of benzene rings is 1. The molecule has 3 amide bonds. The molecule has 0 radical (unpaired) electrons. The molecule has 2 fully saturated rings. The average Bonchev–Trinajstić information content (AvgIpc) is 3.50. The van der Waals surface area contributed by atoms with Crippen LogP contribution in [0.5, 0.6) is 0 Å². The van der Waals surface area contributed by atoms with Crippen molar-refractivity contribution in [3.05, 3.63) is 23.8 Å². The van der Waals surface area contributed by atoms with Crippen LogP contribution in [-0.4, -0.2) is 42.5 Å². The topological polar surface area (TPSA) is 64.7 Å². The van der Waals surface area contributed by atoms with Gasteiger partial charge in [0, 0.05) is 49.5 Å². The van der Waals surface area contributed by atoms with Gasteiger partial charge in [-0.3, -0.25) is 4.79 Å². The van der Waals surface area contributed by atoms with Gasteiger partial charge in [-0.05, 0) is 70.2 Å². The van der Waals surface area contributed by atoms with Gasteiger partial charge in [0.05, 0.1) is 0 Å². The highest BCUT2D eigenvalue weighted by atomic mass is 16.2. The first kappa shape index (κ1) is 22.4. The second-order valence-electron chi connectivity index (χ2n) is 10.1. The van der Waals surface area contributed by atoms with Crippen molar-refractivity contribution in [2.45, 2.75) is 83.8 Å². The van der Waals surface area contributed by atoms with E-state index in [1.807, 2.05) is 58.0 Å². The third-order valence-electron chi connectivity index (χ3n) is 5.88. The minimum Gasteiger partial charge on any atom is -0.377 e. The van der Waals surface area contributed by atoms with Crippen molar-refractivity contribution in [2.75, 3.05) is 24.3 Å². The van der Waals surface area contributed by atoms with Gasteiger partial charge in [0.25, 0.3) is 0 Å². The number of carbonyl (C=O) groups is 2. The summed E-state index contributed by atoms with van der Waals surface area (Å²) in [5.74, 6) is 0.270. The Kier molecular flexibility index (Phi) is 6.94. The summed E-state index contributed by atoms with van der Waals surface area (Å²) < 4.78 is 0. The lowest BCUT2D eigenvalue weighted by Gasteiger charge is -2.37. The highest BCUT2D eigenvalue weighted by molar-refractivity contribution is 5.94. The van der Waals surface area contributed by atoms with Crippen molar-refractivity contribution in [3.8, 4) is 0 Å². The number of carbonyl (C=O) groups excluding carboxylic acids is 2. The van der Waals surface area contributed by atoms with Crippen molar-refractivity contribution in [2.24, 2.45) is 5.92 Å². The molecule has 0 spiro atoms. The Labute approximate surface area is 181 Å². The number of urea groups is 1. The zero-order chi connectivity index (χ0) is 21.9. The maximum Gasteiger partial charge on any atom is 0.318 e. The average molecular weight is 415 g/mol. The zero-order valence-corrected chi connectivity index (χ0v) is 19.3. The molecule has 30 heavy (non-hydrogen) atoms. The summed E-state index contributed by atoms with van der Waals surface area (Å²) in [7, 11) is 4.03. The van der Waals surface area contributed by atoms with Crippen LogP contribution in [-0.2, 0) is 11.3 Å². The first-order valence-electron chi connectivity index (χ1n) is 11.3. The quantitative estimate of drug-likeness (QED) is 0.706. The molecule has 0 aliphatic heterocycles. The fourth-order valence-electron chi connectivity index (χ4n) is 4.15. The van der Waals surface area contributed by atoms with Gasteiger partial charge in [-0.15, -0.1) is 0 Å². The molecule has 0 heterocycles. The molecule has 1 aromatic carbocycles. The van der Waals surface area contributed by atoms with Gasteiger partial charge in [0.15, 0.2) is 0 Å². The maximum absolute atomic E-state index is 13.2. The van der Waals surface area contributed by atoms with Crippen molar-refractivity contribution < 1.29 is 9.59 Å². The van der Waals surface area contributed by atoms with Crippen LogP contribution >= 0.6 is 0 Å². The van der Waals surface area contributed by atoms with Crippen LogP contribution in [0.25, 0.3) is 0 Å². The second-order valence-corrected chi connectivity index (χ2v) is 10.1.